The molecule has 0 aliphatic carbocycles. The molecule has 0 atom stereocenters. The number of hydrogen-bond donors (Lipinski definition) is 1. The number of nitrogens with one attached hydrogen (secondary N) is 1. The monoisotopic (exact) mass is 362 g/mol. The van der Waals surface area contributed by atoms with Gasteiger partial charge in [-0.25, -0.2) is 4.83 Å². The first kappa shape index (κ1) is 16.2. The molecular formula is C16H11ClN2O4S. The summed E-state index contributed by atoms with van der Waals surface area (Å²) < 4.78 is 29.4. The third-order valence-electron chi connectivity index (χ3n) is 3.19. The SMILES string of the molecule is O=c1c(/C=N\NS(=O)(=O)c2ccccc2)coc2ccc(Cl)cc12. The van der Waals surface area contributed by atoms with Crippen molar-refractivity contribution in [3.63, 3.8) is 0 Å². The van der Waals surface area contributed by atoms with E-state index in [0.717, 1.165) is 6.21 Å². The first-order chi connectivity index (χ1) is 11.5. The van der Waals surface area contributed by atoms with Gasteiger partial charge in [0.1, 0.15) is 11.8 Å². The van der Waals surface area contributed by atoms with Gasteiger partial charge in [-0.05, 0) is 30.3 Å². The van der Waals surface area contributed by atoms with Gasteiger partial charge >= 0.3 is 0 Å². The smallest absolute Gasteiger partial charge is 0.276 e. The first-order valence-electron chi connectivity index (χ1n) is 6.78. The molecule has 0 fully saturated rings. The number of sulfonamides is 1. The zero-order valence-electron chi connectivity index (χ0n) is 12.1. The van der Waals surface area contributed by atoms with Crippen molar-refractivity contribution in [2.45, 2.75) is 4.90 Å². The number of hydrazone groups is 1. The highest BCUT2D eigenvalue weighted by Crippen LogP contribution is 2.16. The van der Waals surface area contributed by atoms with E-state index < -0.39 is 10.0 Å². The summed E-state index contributed by atoms with van der Waals surface area (Å²) in [4.78, 5) is 14.4. The van der Waals surface area contributed by atoms with Crippen LogP contribution in [0.2, 0.25) is 5.02 Å². The summed E-state index contributed by atoms with van der Waals surface area (Å²) in [7, 11) is -3.79. The molecule has 2 aromatic carbocycles. The molecule has 0 aliphatic rings. The van der Waals surface area contributed by atoms with E-state index in [0.29, 0.717) is 10.6 Å². The molecule has 122 valence electrons. The van der Waals surface area contributed by atoms with Gasteiger partial charge in [-0.3, -0.25) is 4.79 Å². The molecule has 0 saturated heterocycles. The lowest BCUT2D eigenvalue weighted by molar-refractivity contribution is 0.584. The van der Waals surface area contributed by atoms with E-state index in [9.17, 15) is 13.2 Å². The number of benzene rings is 2. The summed E-state index contributed by atoms with van der Waals surface area (Å²) in [6, 6.07) is 12.4. The topological polar surface area (TPSA) is 88.7 Å². The maximum atomic E-state index is 12.3. The summed E-state index contributed by atoms with van der Waals surface area (Å²) >= 11 is 5.87. The normalized spacial score (nSPS) is 11.9. The number of halogens is 1. The van der Waals surface area contributed by atoms with Crippen molar-refractivity contribution in [1.29, 1.82) is 0 Å². The quantitative estimate of drug-likeness (QED) is 0.571. The molecular weight excluding hydrogens is 352 g/mol. The van der Waals surface area contributed by atoms with Gasteiger partial charge in [-0.1, -0.05) is 29.8 Å². The van der Waals surface area contributed by atoms with Crippen LogP contribution in [0.3, 0.4) is 0 Å². The van der Waals surface area contributed by atoms with Crippen LogP contribution in [0.1, 0.15) is 5.56 Å². The molecule has 1 heterocycles. The second-order valence-electron chi connectivity index (χ2n) is 4.83. The van der Waals surface area contributed by atoms with Gasteiger partial charge in [-0.15, -0.1) is 0 Å². The fourth-order valence-corrected chi connectivity index (χ4v) is 3.01. The Morgan fingerprint density at radius 2 is 1.88 bits per heavy atom. The maximum absolute atomic E-state index is 12.3. The van der Waals surface area contributed by atoms with Gasteiger partial charge in [0.25, 0.3) is 10.0 Å². The van der Waals surface area contributed by atoms with E-state index in [1.54, 1.807) is 30.3 Å². The first-order valence-corrected chi connectivity index (χ1v) is 8.64. The maximum Gasteiger partial charge on any atom is 0.276 e. The van der Waals surface area contributed by atoms with Crippen molar-refractivity contribution < 1.29 is 12.8 Å². The molecule has 0 aliphatic heterocycles. The Morgan fingerprint density at radius 1 is 1.12 bits per heavy atom. The Balaban J connectivity index is 1.89. The molecule has 24 heavy (non-hydrogen) atoms. The predicted molar refractivity (Wildman–Crippen MR) is 91.9 cm³/mol. The Hall–Kier alpha value is -2.64. The van der Waals surface area contributed by atoms with Gasteiger partial charge in [0.15, 0.2) is 0 Å². The summed E-state index contributed by atoms with van der Waals surface area (Å²) in [5, 5.41) is 4.31. The number of rotatable bonds is 4. The average molecular weight is 363 g/mol. The number of hydrogen-bond acceptors (Lipinski definition) is 5. The Morgan fingerprint density at radius 3 is 2.62 bits per heavy atom. The van der Waals surface area contributed by atoms with Gasteiger partial charge in [0, 0.05) is 5.02 Å². The fourth-order valence-electron chi connectivity index (χ4n) is 2.03. The molecule has 1 N–H and O–H groups in total. The summed E-state index contributed by atoms with van der Waals surface area (Å²) in [5.74, 6) is 0. The second-order valence-corrected chi connectivity index (χ2v) is 6.92. The Bertz CT molecular complexity index is 1080. The molecule has 0 spiro atoms. The lowest BCUT2D eigenvalue weighted by Crippen LogP contribution is -2.19. The van der Waals surface area contributed by atoms with E-state index in [-0.39, 0.29) is 21.3 Å². The van der Waals surface area contributed by atoms with Gasteiger partial charge < -0.3 is 4.42 Å². The average Bonchev–Trinajstić information content (AvgIpc) is 2.58. The Labute approximate surface area is 142 Å². The van der Waals surface area contributed by atoms with Crippen molar-refractivity contribution in [2.75, 3.05) is 0 Å². The highest BCUT2D eigenvalue weighted by molar-refractivity contribution is 7.89. The standard InChI is InChI=1S/C16H11ClN2O4S/c17-12-6-7-15-14(8-12)16(20)11(10-23-15)9-18-19-24(21,22)13-4-2-1-3-5-13/h1-10,19H/b18-9-. The molecule has 0 amide bonds. The van der Waals surface area contributed by atoms with Crippen molar-refractivity contribution >= 4 is 38.8 Å². The van der Waals surface area contributed by atoms with Crippen LogP contribution in [0.4, 0.5) is 0 Å². The molecule has 0 radical (unpaired) electrons. The van der Waals surface area contributed by atoms with Crippen LogP contribution in [-0.4, -0.2) is 14.6 Å². The highest BCUT2D eigenvalue weighted by atomic mass is 35.5. The van der Waals surface area contributed by atoms with Crippen LogP contribution >= 0.6 is 11.6 Å². The molecule has 6 nitrogen and oxygen atoms in total. The molecule has 0 bridgehead atoms. The lowest BCUT2D eigenvalue weighted by Gasteiger charge is -2.02. The Kier molecular flexibility index (Phi) is 4.37. The van der Waals surface area contributed by atoms with Gasteiger partial charge in [-0.2, -0.15) is 13.5 Å². The van der Waals surface area contributed by atoms with Crippen molar-refractivity contribution in [3.05, 3.63) is 75.6 Å². The minimum atomic E-state index is -3.79. The molecule has 8 heteroatoms. The van der Waals surface area contributed by atoms with Gasteiger partial charge in [0.05, 0.1) is 22.1 Å². The largest absolute Gasteiger partial charge is 0.463 e. The fraction of sp³-hybridized carbons (Fsp3) is 0. The number of nitrogens with zero attached hydrogens (tertiary/aromatic N) is 1. The molecule has 0 unspecified atom stereocenters. The van der Waals surface area contributed by atoms with E-state index >= 15 is 0 Å². The van der Waals surface area contributed by atoms with Crippen LogP contribution in [0.25, 0.3) is 11.0 Å². The van der Waals surface area contributed by atoms with Gasteiger partial charge in [0.2, 0.25) is 5.43 Å². The summed E-state index contributed by atoms with van der Waals surface area (Å²) in [5.41, 5.74) is 0.119. The summed E-state index contributed by atoms with van der Waals surface area (Å²) in [6.45, 7) is 0. The zero-order chi connectivity index (χ0) is 17.2. The van der Waals surface area contributed by atoms with Crippen LogP contribution in [-0.2, 0) is 10.0 Å². The molecule has 3 rings (SSSR count). The van der Waals surface area contributed by atoms with E-state index in [4.69, 9.17) is 16.0 Å². The predicted octanol–water partition coefficient (Wildman–Crippen LogP) is 2.76. The minimum absolute atomic E-state index is 0.0690. The highest BCUT2D eigenvalue weighted by Gasteiger charge is 2.11. The third kappa shape index (κ3) is 3.32. The third-order valence-corrected chi connectivity index (χ3v) is 4.66. The molecule has 1 aromatic heterocycles. The van der Waals surface area contributed by atoms with Crippen LogP contribution < -0.4 is 10.3 Å². The second kappa shape index (κ2) is 6.46. The minimum Gasteiger partial charge on any atom is -0.463 e. The molecule has 0 saturated carbocycles. The zero-order valence-corrected chi connectivity index (χ0v) is 13.7. The lowest BCUT2D eigenvalue weighted by atomic mass is 10.2. The van der Waals surface area contributed by atoms with Crippen molar-refractivity contribution in [1.82, 2.24) is 4.83 Å². The number of fused-ring (bicyclic) bond motifs is 1. The summed E-state index contributed by atoms with van der Waals surface area (Å²) in [6.07, 6.45) is 2.30. The molecule has 3 aromatic rings. The van der Waals surface area contributed by atoms with Crippen molar-refractivity contribution in [2.24, 2.45) is 5.10 Å². The van der Waals surface area contributed by atoms with Crippen LogP contribution in [0.5, 0.6) is 0 Å². The van der Waals surface area contributed by atoms with Crippen LogP contribution in [0.15, 0.2) is 74.0 Å². The van der Waals surface area contributed by atoms with Crippen LogP contribution in [0, 0.1) is 0 Å². The van der Waals surface area contributed by atoms with E-state index in [1.165, 1.54) is 24.5 Å². The van der Waals surface area contributed by atoms with Crippen molar-refractivity contribution in [3.8, 4) is 0 Å². The van der Waals surface area contributed by atoms with E-state index in [2.05, 4.69) is 5.10 Å². The van der Waals surface area contributed by atoms with E-state index in [1.807, 2.05) is 4.83 Å².